The molecule has 0 radical (unpaired) electrons. The summed E-state index contributed by atoms with van der Waals surface area (Å²) in [5, 5.41) is 0. The van der Waals surface area contributed by atoms with Gasteiger partial charge in [0.2, 0.25) is 5.91 Å². The number of amides is 1. The Hall–Kier alpha value is -2.10. The standard InChI is InChI=1S/C17H19N3O/c1-11-18-14-7-6-13(10-15(14)19-11)17(21)20-9-8-12-4-2-3-5-16(12)20/h2-5,13H,6-10H2,1H3,(H,18,19)/t13-/m0/s1. The maximum Gasteiger partial charge on any atom is 0.230 e. The minimum atomic E-state index is 0.0866. The van der Waals surface area contributed by atoms with Gasteiger partial charge in [-0.25, -0.2) is 4.98 Å². The van der Waals surface area contributed by atoms with Crippen LogP contribution in [0.2, 0.25) is 0 Å². The Bertz CT molecular complexity index is 704. The van der Waals surface area contributed by atoms with E-state index in [1.54, 1.807) is 0 Å². The van der Waals surface area contributed by atoms with Gasteiger partial charge >= 0.3 is 0 Å². The Morgan fingerprint density at radius 1 is 1.33 bits per heavy atom. The van der Waals surface area contributed by atoms with E-state index in [0.717, 1.165) is 55.1 Å². The Morgan fingerprint density at radius 2 is 2.19 bits per heavy atom. The largest absolute Gasteiger partial charge is 0.346 e. The molecule has 0 saturated heterocycles. The normalized spacial score (nSPS) is 20.2. The summed E-state index contributed by atoms with van der Waals surface area (Å²) < 4.78 is 0. The van der Waals surface area contributed by atoms with Crippen molar-refractivity contribution in [3.05, 3.63) is 47.0 Å². The molecule has 2 aromatic rings. The van der Waals surface area contributed by atoms with Crippen molar-refractivity contribution < 1.29 is 4.79 Å². The average Bonchev–Trinajstić information content (AvgIpc) is 3.07. The first kappa shape index (κ1) is 12.6. The molecule has 4 heteroatoms. The first-order valence-electron chi connectivity index (χ1n) is 7.66. The SMILES string of the molecule is Cc1nc2c([nH]1)C[C@@H](C(=O)N1CCc3ccccc31)CC2. The van der Waals surface area contributed by atoms with Gasteiger partial charge in [0.05, 0.1) is 5.69 Å². The van der Waals surface area contributed by atoms with E-state index >= 15 is 0 Å². The number of carbonyl (C=O) groups excluding carboxylic acids is 1. The number of para-hydroxylation sites is 1. The van der Waals surface area contributed by atoms with Gasteiger partial charge in [-0.3, -0.25) is 4.79 Å². The number of nitrogens with one attached hydrogen (secondary N) is 1. The molecule has 1 amide bonds. The topological polar surface area (TPSA) is 49.0 Å². The highest BCUT2D eigenvalue weighted by Gasteiger charge is 2.33. The molecule has 1 aromatic carbocycles. The molecule has 0 unspecified atom stereocenters. The fraction of sp³-hybridized carbons (Fsp3) is 0.412. The summed E-state index contributed by atoms with van der Waals surface area (Å²) in [5.74, 6) is 1.32. The van der Waals surface area contributed by atoms with Crippen LogP contribution in [0.4, 0.5) is 5.69 Å². The fourth-order valence-electron chi connectivity index (χ4n) is 3.62. The lowest BCUT2D eigenvalue weighted by atomic mass is 9.88. The molecule has 21 heavy (non-hydrogen) atoms. The van der Waals surface area contributed by atoms with Gasteiger partial charge in [-0.1, -0.05) is 18.2 Å². The molecule has 4 rings (SSSR count). The van der Waals surface area contributed by atoms with Gasteiger partial charge in [0.15, 0.2) is 0 Å². The number of rotatable bonds is 1. The van der Waals surface area contributed by atoms with E-state index in [1.807, 2.05) is 24.0 Å². The number of aromatic nitrogens is 2. The van der Waals surface area contributed by atoms with Gasteiger partial charge in [-0.15, -0.1) is 0 Å². The van der Waals surface area contributed by atoms with Gasteiger partial charge in [-0.05, 0) is 37.8 Å². The first-order chi connectivity index (χ1) is 10.2. The lowest BCUT2D eigenvalue weighted by Crippen LogP contribution is -2.37. The van der Waals surface area contributed by atoms with Crippen molar-refractivity contribution in [2.45, 2.75) is 32.6 Å². The summed E-state index contributed by atoms with van der Waals surface area (Å²) in [6.07, 6.45) is 3.59. The average molecular weight is 281 g/mol. The maximum absolute atomic E-state index is 12.9. The molecule has 1 aliphatic carbocycles. The minimum absolute atomic E-state index is 0.0866. The molecule has 4 nitrogen and oxygen atoms in total. The molecule has 2 heterocycles. The lowest BCUT2D eigenvalue weighted by molar-refractivity contribution is -0.122. The van der Waals surface area contributed by atoms with Crippen LogP contribution in [0.3, 0.4) is 0 Å². The highest BCUT2D eigenvalue weighted by atomic mass is 16.2. The quantitative estimate of drug-likeness (QED) is 0.872. The first-order valence-corrected chi connectivity index (χ1v) is 7.66. The van der Waals surface area contributed by atoms with Crippen LogP contribution in [-0.4, -0.2) is 22.4 Å². The van der Waals surface area contributed by atoms with Crippen LogP contribution in [0.1, 0.15) is 29.2 Å². The van der Waals surface area contributed by atoms with E-state index in [2.05, 4.69) is 22.1 Å². The number of nitrogens with zero attached hydrogens (tertiary/aromatic N) is 2. The van der Waals surface area contributed by atoms with Crippen molar-refractivity contribution in [1.82, 2.24) is 9.97 Å². The summed E-state index contributed by atoms with van der Waals surface area (Å²) in [6.45, 7) is 2.80. The highest BCUT2D eigenvalue weighted by molar-refractivity contribution is 5.97. The number of hydrogen-bond acceptors (Lipinski definition) is 2. The predicted octanol–water partition coefficient (Wildman–Crippen LogP) is 2.41. The molecule has 108 valence electrons. The van der Waals surface area contributed by atoms with Crippen molar-refractivity contribution in [1.29, 1.82) is 0 Å². The summed E-state index contributed by atoms with van der Waals surface area (Å²) in [4.78, 5) is 22.7. The van der Waals surface area contributed by atoms with E-state index in [4.69, 9.17) is 0 Å². The van der Waals surface area contributed by atoms with E-state index in [0.29, 0.717) is 0 Å². The van der Waals surface area contributed by atoms with Crippen LogP contribution < -0.4 is 4.90 Å². The van der Waals surface area contributed by atoms with Crippen LogP contribution in [0.15, 0.2) is 24.3 Å². The number of aryl methyl sites for hydroxylation is 2. The van der Waals surface area contributed by atoms with Gasteiger partial charge < -0.3 is 9.88 Å². The van der Waals surface area contributed by atoms with Crippen LogP contribution in [0.25, 0.3) is 0 Å². The van der Waals surface area contributed by atoms with Gasteiger partial charge in [0.25, 0.3) is 0 Å². The third-order valence-electron chi connectivity index (χ3n) is 4.67. The minimum Gasteiger partial charge on any atom is -0.346 e. The summed E-state index contributed by atoms with van der Waals surface area (Å²) in [6, 6.07) is 8.25. The molecule has 2 aliphatic rings. The second-order valence-electron chi connectivity index (χ2n) is 6.06. The zero-order valence-corrected chi connectivity index (χ0v) is 12.2. The van der Waals surface area contributed by atoms with E-state index in [9.17, 15) is 4.79 Å². The van der Waals surface area contributed by atoms with Crippen molar-refractivity contribution in [3.63, 3.8) is 0 Å². The molecular formula is C17H19N3O. The number of fused-ring (bicyclic) bond motifs is 2. The number of imidazole rings is 1. The van der Waals surface area contributed by atoms with Crippen molar-refractivity contribution in [2.75, 3.05) is 11.4 Å². The van der Waals surface area contributed by atoms with E-state index in [1.165, 1.54) is 5.56 Å². The second-order valence-corrected chi connectivity index (χ2v) is 6.06. The molecular weight excluding hydrogens is 262 g/mol. The predicted molar refractivity (Wildman–Crippen MR) is 81.3 cm³/mol. The lowest BCUT2D eigenvalue weighted by Gasteiger charge is -2.26. The van der Waals surface area contributed by atoms with Crippen molar-refractivity contribution in [2.24, 2.45) is 5.92 Å². The summed E-state index contributed by atoms with van der Waals surface area (Å²) in [7, 11) is 0. The molecule has 1 aliphatic heterocycles. The van der Waals surface area contributed by atoms with E-state index in [-0.39, 0.29) is 11.8 Å². The third kappa shape index (κ3) is 2.06. The van der Waals surface area contributed by atoms with Gasteiger partial charge in [-0.2, -0.15) is 0 Å². The molecule has 1 atom stereocenters. The van der Waals surface area contributed by atoms with Gasteiger partial charge in [0, 0.05) is 30.3 Å². The molecule has 1 N–H and O–H groups in total. The Kier molecular flexibility index (Phi) is 2.84. The number of benzene rings is 1. The molecule has 1 aromatic heterocycles. The smallest absolute Gasteiger partial charge is 0.230 e. The summed E-state index contributed by atoms with van der Waals surface area (Å²) >= 11 is 0. The monoisotopic (exact) mass is 281 g/mol. The maximum atomic E-state index is 12.9. The fourth-order valence-corrected chi connectivity index (χ4v) is 3.62. The van der Waals surface area contributed by atoms with E-state index < -0.39 is 0 Å². The number of carbonyl (C=O) groups is 1. The number of H-pyrrole nitrogens is 1. The number of aromatic amines is 1. The zero-order valence-electron chi connectivity index (χ0n) is 12.2. The molecule has 0 fully saturated rings. The van der Waals surface area contributed by atoms with Crippen molar-refractivity contribution in [3.8, 4) is 0 Å². The molecule has 0 saturated carbocycles. The third-order valence-corrected chi connectivity index (χ3v) is 4.67. The Labute approximate surface area is 124 Å². The van der Waals surface area contributed by atoms with Crippen LogP contribution in [0.5, 0.6) is 0 Å². The highest BCUT2D eigenvalue weighted by Crippen LogP contribution is 2.32. The van der Waals surface area contributed by atoms with Gasteiger partial charge in [0.1, 0.15) is 5.82 Å². The molecule has 0 bridgehead atoms. The number of anilines is 1. The Balaban J connectivity index is 1.57. The van der Waals surface area contributed by atoms with Crippen LogP contribution in [-0.2, 0) is 24.1 Å². The second kappa shape index (κ2) is 4.72. The van der Waals surface area contributed by atoms with Crippen LogP contribution >= 0.6 is 0 Å². The van der Waals surface area contributed by atoms with Crippen LogP contribution in [0, 0.1) is 12.8 Å². The zero-order chi connectivity index (χ0) is 14.4. The van der Waals surface area contributed by atoms with Crippen molar-refractivity contribution >= 4 is 11.6 Å². The summed E-state index contributed by atoms with van der Waals surface area (Å²) in [5.41, 5.74) is 4.71. The number of hydrogen-bond donors (Lipinski definition) is 1. The Morgan fingerprint density at radius 3 is 3.10 bits per heavy atom. The molecule has 0 spiro atoms.